The number of thiazole rings is 1. The molecule has 0 spiro atoms. The van der Waals surface area contributed by atoms with Gasteiger partial charge in [0.1, 0.15) is 9.88 Å². The van der Waals surface area contributed by atoms with Crippen molar-refractivity contribution in [3.8, 4) is 9.88 Å². The molecule has 152 valence electrons. The van der Waals surface area contributed by atoms with Crippen LogP contribution in [0.25, 0.3) is 9.88 Å². The van der Waals surface area contributed by atoms with Gasteiger partial charge in [0.2, 0.25) is 10.0 Å². The maximum absolute atomic E-state index is 12.9. The van der Waals surface area contributed by atoms with Crippen LogP contribution in [0.1, 0.15) is 34.6 Å². The minimum absolute atomic E-state index is 0.206. The number of amides is 1. The van der Waals surface area contributed by atoms with Crippen molar-refractivity contribution in [3.63, 3.8) is 0 Å². The quantitative estimate of drug-likeness (QED) is 0.620. The lowest BCUT2D eigenvalue weighted by Crippen LogP contribution is -2.35. The lowest BCUT2D eigenvalue weighted by atomic mass is 10.2. The molecule has 6 nitrogen and oxygen atoms in total. The third-order valence-electron chi connectivity index (χ3n) is 4.78. The lowest BCUT2D eigenvalue weighted by Gasteiger charge is -2.26. The van der Waals surface area contributed by atoms with Crippen molar-refractivity contribution < 1.29 is 13.2 Å². The largest absolute Gasteiger partial charge is 0.321 e. The molecular formula is C20H21N3O3S3. The zero-order valence-corrected chi connectivity index (χ0v) is 18.4. The molecular weight excluding hydrogens is 426 g/mol. The average molecular weight is 448 g/mol. The molecule has 1 aliphatic heterocycles. The summed E-state index contributed by atoms with van der Waals surface area (Å²) in [5.74, 6) is -0.282. The Balaban J connectivity index is 1.54. The molecule has 1 N–H and O–H groups in total. The average Bonchev–Trinajstić information content (AvgIpc) is 3.38. The van der Waals surface area contributed by atoms with E-state index in [9.17, 15) is 13.2 Å². The first kappa shape index (κ1) is 20.2. The van der Waals surface area contributed by atoms with E-state index in [1.807, 2.05) is 17.5 Å². The fourth-order valence-electron chi connectivity index (χ4n) is 3.29. The number of aryl methyl sites for hydroxylation is 1. The molecule has 3 heterocycles. The summed E-state index contributed by atoms with van der Waals surface area (Å²) in [7, 11) is -3.54. The van der Waals surface area contributed by atoms with Crippen LogP contribution in [0.2, 0.25) is 0 Å². The van der Waals surface area contributed by atoms with Crippen LogP contribution in [0.4, 0.5) is 5.69 Å². The molecule has 0 aliphatic carbocycles. The molecule has 9 heteroatoms. The molecule has 1 fully saturated rings. The maximum Gasteiger partial charge on any atom is 0.267 e. The third kappa shape index (κ3) is 4.28. The highest BCUT2D eigenvalue weighted by Crippen LogP contribution is 2.31. The highest BCUT2D eigenvalue weighted by Gasteiger charge is 2.26. The van der Waals surface area contributed by atoms with Gasteiger partial charge in [0.25, 0.3) is 5.91 Å². The number of anilines is 1. The Morgan fingerprint density at radius 2 is 1.93 bits per heavy atom. The Morgan fingerprint density at radius 3 is 2.66 bits per heavy atom. The minimum Gasteiger partial charge on any atom is -0.321 e. The van der Waals surface area contributed by atoms with E-state index in [0.717, 1.165) is 29.1 Å². The Morgan fingerprint density at radius 1 is 1.14 bits per heavy atom. The van der Waals surface area contributed by atoms with Crippen molar-refractivity contribution in [2.75, 3.05) is 18.4 Å². The van der Waals surface area contributed by atoms with Gasteiger partial charge in [-0.1, -0.05) is 18.6 Å². The van der Waals surface area contributed by atoms with Gasteiger partial charge in [0, 0.05) is 18.8 Å². The summed E-state index contributed by atoms with van der Waals surface area (Å²) >= 11 is 2.91. The Bertz CT molecular complexity index is 1120. The monoisotopic (exact) mass is 447 g/mol. The van der Waals surface area contributed by atoms with Crippen molar-refractivity contribution >= 4 is 44.3 Å². The molecule has 1 amide bonds. The number of benzene rings is 1. The standard InChI is InChI=1S/C20H21N3O3S3/c1-14-18(28-20(21-14)17-9-6-12-27-17)19(24)22-15-7-5-8-16(13-15)29(25,26)23-10-3-2-4-11-23/h5-9,12-13H,2-4,10-11H2,1H3,(H,22,24). The van der Waals surface area contributed by atoms with Gasteiger partial charge in [-0.05, 0) is 49.4 Å². The Hall–Kier alpha value is -2.07. The van der Waals surface area contributed by atoms with Gasteiger partial charge in [0.15, 0.2) is 0 Å². The number of hydrogen-bond donors (Lipinski definition) is 1. The molecule has 0 saturated carbocycles. The first-order chi connectivity index (χ1) is 13.9. The molecule has 2 aromatic heterocycles. The van der Waals surface area contributed by atoms with E-state index >= 15 is 0 Å². The Labute approximate surface area is 178 Å². The van der Waals surface area contributed by atoms with E-state index in [1.165, 1.54) is 21.7 Å². The number of hydrogen-bond acceptors (Lipinski definition) is 6. The van der Waals surface area contributed by atoms with Crippen molar-refractivity contribution in [2.45, 2.75) is 31.1 Å². The van der Waals surface area contributed by atoms with Crippen molar-refractivity contribution in [1.29, 1.82) is 0 Å². The number of nitrogens with one attached hydrogen (secondary N) is 1. The van der Waals surface area contributed by atoms with Crippen molar-refractivity contribution in [3.05, 3.63) is 52.3 Å². The number of piperidine rings is 1. The molecule has 1 aromatic carbocycles. The molecule has 0 radical (unpaired) electrons. The zero-order chi connectivity index (χ0) is 20.4. The lowest BCUT2D eigenvalue weighted by molar-refractivity contribution is 0.102. The third-order valence-corrected chi connectivity index (χ3v) is 8.87. The fraction of sp³-hybridized carbons (Fsp3) is 0.300. The highest BCUT2D eigenvalue weighted by atomic mass is 32.2. The second-order valence-corrected chi connectivity index (χ2v) is 10.7. The highest BCUT2D eigenvalue weighted by molar-refractivity contribution is 7.89. The van der Waals surface area contributed by atoms with Gasteiger partial charge in [-0.2, -0.15) is 4.31 Å². The molecule has 0 bridgehead atoms. The van der Waals surface area contributed by atoms with E-state index in [4.69, 9.17) is 0 Å². The summed E-state index contributed by atoms with van der Waals surface area (Å²) in [6, 6.07) is 10.4. The second kappa shape index (κ2) is 8.35. The molecule has 0 unspecified atom stereocenters. The molecule has 29 heavy (non-hydrogen) atoms. The van der Waals surface area contributed by atoms with E-state index in [-0.39, 0.29) is 10.8 Å². The maximum atomic E-state index is 12.9. The van der Waals surface area contributed by atoms with E-state index < -0.39 is 10.0 Å². The van der Waals surface area contributed by atoms with E-state index in [1.54, 1.807) is 36.5 Å². The van der Waals surface area contributed by atoms with Crippen LogP contribution >= 0.6 is 22.7 Å². The van der Waals surface area contributed by atoms with Crippen LogP contribution in [0.3, 0.4) is 0 Å². The zero-order valence-electron chi connectivity index (χ0n) is 15.9. The minimum atomic E-state index is -3.54. The van der Waals surface area contributed by atoms with Gasteiger partial charge >= 0.3 is 0 Å². The van der Waals surface area contributed by atoms with Crippen molar-refractivity contribution in [2.24, 2.45) is 0 Å². The van der Waals surface area contributed by atoms with Crippen LogP contribution in [0, 0.1) is 6.92 Å². The molecule has 3 aromatic rings. The smallest absolute Gasteiger partial charge is 0.267 e. The molecule has 4 rings (SSSR count). The van der Waals surface area contributed by atoms with E-state index in [0.29, 0.717) is 29.3 Å². The van der Waals surface area contributed by atoms with Crippen LogP contribution in [0.15, 0.2) is 46.7 Å². The number of sulfonamides is 1. The molecule has 0 atom stereocenters. The number of aromatic nitrogens is 1. The normalized spacial score (nSPS) is 15.3. The van der Waals surface area contributed by atoms with Gasteiger partial charge in [-0.3, -0.25) is 4.79 Å². The van der Waals surface area contributed by atoms with Crippen LogP contribution in [-0.4, -0.2) is 36.7 Å². The van der Waals surface area contributed by atoms with Gasteiger partial charge in [0.05, 0.1) is 15.5 Å². The Kier molecular flexibility index (Phi) is 5.82. The van der Waals surface area contributed by atoms with Crippen molar-refractivity contribution in [1.82, 2.24) is 9.29 Å². The molecule has 1 aliphatic rings. The van der Waals surface area contributed by atoms with Crippen LogP contribution in [-0.2, 0) is 10.0 Å². The first-order valence-corrected chi connectivity index (χ1v) is 12.5. The predicted molar refractivity (Wildman–Crippen MR) is 117 cm³/mol. The first-order valence-electron chi connectivity index (χ1n) is 9.38. The second-order valence-electron chi connectivity index (χ2n) is 6.86. The number of carbonyl (C=O) groups is 1. The summed E-state index contributed by atoms with van der Waals surface area (Å²) < 4.78 is 27.3. The predicted octanol–water partition coefficient (Wildman–Crippen LogP) is 4.61. The number of carbonyl (C=O) groups excluding carboxylic acids is 1. The SMILES string of the molecule is Cc1nc(-c2cccs2)sc1C(=O)Nc1cccc(S(=O)(=O)N2CCCCC2)c1. The van der Waals surface area contributed by atoms with Gasteiger partial charge < -0.3 is 5.32 Å². The summed E-state index contributed by atoms with van der Waals surface area (Å²) in [5, 5.41) is 5.61. The summed E-state index contributed by atoms with van der Waals surface area (Å²) in [5.41, 5.74) is 1.12. The number of thiophene rings is 1. The summed E-state index contributed by atoms with van der Waals surface area (Å²) in [6.07, 6.45) is 2.82. The number of rotatable bonds is 5. The topological polar surface area (TPSA) is 79.4 Å². The summed E-state index contributed by atoms with van der Waals surface area (Å²) in [4.78, 5) is 19.0. The summed E-state index contributed by atoms with van der Waals surface area (Å²) in [6.45, 7) is 2.90. The molecule has 1 saturated heterocycles. The number of nitrogens with zero attached hydrogens (tertiary/aromatic N) is 2. The van der Waals surface area contributed by atoms with Gasteiger partial charge in [-0.25, -0.2) is 13.4 Å². The van der Waals surface area contributed by atoms with E-state index in [2.05, 4.69) is 10.3 Å². The fourth-order valence-corrected chi connectivity index (χ4v) is 6.61. The van der Waals surface area contributed by atoms with Gasteiger partial charge in [-0.15, -0.1) is 22.7 Å². The van der Waals surface area contributed by atoms with Crippen LogP contribution < -0.4 is 5.32 Å². The van der Waals surface area contributed by atoms with Crippen LogP contribution in [0.5, 0.6) is 0 Å².